The van der Waals surface area contributed by atoms with Gasteiger partial charge in [0.2, 0.25) is 0 Å². The molecule has 1 N–H and O–H groups in total. The second-order valence-corrected chi connectivity index (χ2v) is 7.01. The number of carbonyl (C=O) groups is 1. The van der Waals surface area contributed by atoms with Gasteiger partial charge in [0.15, 0.2) is 5.69 Å². The number of imidazole rings is 1. The normalized spacial score (nSPS) is 23.9. The highest BCUT2D eigenvalue weighted by atomic mass is 16.5. The van der Waals surface area contributed by atoms with Crippen molar-refractivity contribution >= 4 is 5.91 Å². The number of morpholine rings is 1. The van der Waals surface area contributed by atoms with Crippen LogP contribution in [0.15, 0.2) is 23.1 Å². The molecule has 1 amide bonds. The summed E-state index contributed by atoms with van der Waals surface area (Å²) < 4.78 is 13.3. The van der Waals surface area contributed by atoms with Crippen LogP contribution in [0.1, 0.15) is 53.7 Å². The van der Waals surface area contributed by atoms with Crippen LogP contribution < -0.4 is 5.32 Å². The molecule has 4 rings (SSSR count). The van der Waals surface area contributed by atoms with Crippen molar-refractivity contribution in [1.82, 2.24) is 24.9 Å². The zero-order valence-electron chi connectivity index (χ0n) is 15.2. The van der Waals surface area contributed by atoms with Gasteiger partial charge in [-0.2, -0.15) is 0 Å². The first-order valence-corrected chi connectivity index (χ1v) is 9.24. The number of hydrogen-bond acceptors (Lipinski definition) is 6. The molecule has 1 aliphatic heterocycles. The summed E-state index contributed by atoms with van der Waals surface area (Å²) in [6.45, 7) is 4.98. The Hall–Kier alpha value is -2.19. The van der Waals surface area contributed by atoms with Crippen LogP contribution in [0.2, 0.25) is 0 Å². The Morgan fingerprint density at radius 2 is 2.27 bits per heavy atom. The van der Waals surface area contributed by atoms with Crippen molar-refractivity contribution in [2.45, 2.75) is 37.8 Å². The Bertz CT molecular complexity index is 766. The Balaban J connectivity index is 1.44. The molecule has 2 atom stereocenters. The molecule has 1 saturated carbocycles. The van der Waals surface area contributed by atoms with Gasteiger partial charge in [-0.1, -0.05) is 12.1 Å². The van der Waals surface area contributed by atoms with E-state index in [9.17, 15) is 4.79 Å². The van der Waals surface area contributed by atoms with Gasteiger partial charge in [0.1, 0.15) is 5.76 Å². The summed E-state index contributed by atoms with van der Waals surface area (Å²) in [4.78, 5) is 19.0. The van der Waals surface area contributed by atoms with Gasteiger partial charge in [-0.25, -0.2) is 4.98 Å². The summed E-state index contributed by atoms with van der Waals surface area (Å²) in [5, 5.41) is 6.86. The molecule has 0 unspecified atom stereocenters. The molecule has 2 aromatic rings. The first kappa shape index (κ1) is 17.2. The van der Waals surface area contributed by atoms with Crippen molar-refractivity contribution in [3.8, 4) is 0 Å². The van der Waals surface area contributed by atoms with Gasteiger partial charge in [0.25, 0.3) is 5.91 Å². The number of ether oxygens (including phenoxy) is 1. The number of likely N-dealkylation sites (N-methyl/N-ethyl adjacent to an activating group) is 1. The number of carbonyl (C=O) groups excluding carboxylic acids is 1. The third-order valence-electron chi connectivity index (χ3n) is 5.22. The third kappa shape index (κ3) is 3.39. The highest BCUT2D eigenvalue weighted by Crippen LogP contribution is 2.40. The SMILES string of the molecule is CCN1CCO[C@@H](CNC(=O)c2cc(C3CC3)on2)[C@@H]1c1cncn1C. The summed E-state index contributed by atoms with van der Waals surface area (Å²) >= 11 is 0. The van der Waals surface area contributed by atoms with Gasteiger partial charge in [-0.05, 0) is 19.4 Å². The van der Waals surface area contributed by atoms with E-state index in [1.54, 1.807) is 12.4 Å². The average molecular weight is 359 g/mol. The highest BCUT2D eigenvalue weighted by molar-refractivity contribution is 5.92. The Morgan fingerprint density at radius 1 is 1.42 bits per heavy atom. The first-order valence-electron chi connectivity index (χ1n) is 9.24. The standard InChI is InChI=1S/C18H25N5O3/c1-3-23-6-7-25-16(17(23)14-9-19-11-22(14)2)10-20-18(24)13-8-15(26-21-13)12-4-5-12/h8-9,11-12,16-17H,3-7,10H2,1-2H3,(H,20,24)/t16-,17-/m0/s1. The molecule has 0 spiro atoms. The molecule has 2 aliphatic rings. The topological polar surface area (TPSA) is 85.4 Å². The van der Waals surface area contributed by atoms with Gasteiger partial charge >= 0.3 is 0 Å². The molecule has 2 aromatic heterocycles. The summed E-state index contributed by atoms with van der Waals surface area (Å²) in [7, 11) is 1.98. The van der Waals surface area contributed by atoms with Gasteiger partial charge in [-0.15, -0.1) is 0 Å². The number of aromatic nitrogens is 3. The lowest BCUT2D eigenvalue weighted by molar-refractivity contribution is -0.0706. The van der Waals surface area contributed by atoms with Crippen LogP contribution in [0, 0.1) is 0 Å². The van der Waals surface area contributed by atoms with Gasteiger partial charge < -0.3 is 19.1 Å². The molecule has 140 valence electrons. The lowest BCUT2D eigenvalue weighted by Gasteiger charge is -2.40. The lowest BCUT2D eigenvalue weighted by atomic mass is 10.0. The number of rotatable bonds is 6. The fourth-order valence-corrected chi connectivity index (χ4v) is 3.58. The van der Waals surface area contributed by atoms with Crippen LogP contribution in [0.4, 0.5) is 0 Å². The van der Waals surface area contributed by atoms with Crippen molar-refractivity contribution in [2.24, 2.45) is 7.05 Å². The van der Waals surface area contributed by atoms with Crippen molar-refractivity contribution in [1.29, 1.82) is 0 Å². The number of hydrogen-bond donors (Lipinski definition) is 1. The predicted octanol–water partition coefficient (Wildman–Crippen LogP) is 1.48. The van der Waals surface area contributed by atoms with E-state index in [0.717, 1.165) is 37.4 Å². The Labute approximate surface area is 152 Å². The molecule has 1 saturated heterocycles. The van der Waals surface area contributed by atoms with Crippen LogP contribution in [-0.4, -0.2) is 57.9 Å². The van der Waals surface area contributed by atoms with E-state index in [0.29, 0.717) is 24.8 Å². The fraction of sp³-hybridized carbons (Fsp3) is 0.611. The van der Waals surface area contributed by atoms with E-state index in [1.165, 1.54) is 0 Å². The van der Waals surface area contributed by atoms with Gasteiger partial charge in [0, 0.05) is 38.3 Å². The smallest absolute Gasteiger partial charge is 0.273 e. The van der Waals surface area contributed by atoms with Crippen LogP contribution in [-0.2, 0) is 11.8 Å². The summed E-state index contributed by atoms with van der Waals surface area (Å²) in [5.41, 5.74) is 1.43. The molecular formula is C18H25N5O3. The van der Waals surface area contributed by atoms with Crippen LogP contribution in [0.25, 0.3) is 0 Å². The quantitative estimate of drug-likeness (QED) is 0.841. The molecule has 8 heteroatoms. The number of nitrogens with one attached hydrogen (secondary N) is 1. The molecule has 0 aromatic carbocycles. The van der Waals surface area contributed by atoms with Crippen LogP contribution >= 0.6 is 0 Å². The number of amides is 1. The van der Waals surface area contributed by atoms with Crippen LogP contribution in [0.3, 0.4) is 0 Å². The fourth-order valence-electron chi connectivity index (χ4n) is 3.58. The molecule has 2 fully saturated rings. The maximum atomic E-state index is 12.4. The van der Waals surface area contributed by atoms with E-state index in [1.807, 2.05) is 17.8 Å². The highest BCUT2D eigenvalue weighted by Gasteiger charge is 2.35. The molecule has 1 aliphatic carbocycles. The minimum absolute atomic E-state index is 0.0564. The summed E-state index contributed by atoms with van der Waals surface area (Å²) in [6.07, 6.45) is 5.76. The molecule has 8 nitrogen and oxygen atoms in total. The third-order valence-corrected chi connectivity index (χ3v) is 5.22. The molecular weight excluding hydrogens is 334 g/mol. The van der Waals surface area contributed by atoms with Crippen molar-refractivity contribution in [3.63, 3.8) is 0 Å². The van der Waals surface area contributed by atoms with Crippen molar-refractivity contribution < 1.29 is 14.1 Å². The van der Waals surface area contributed by atoms with Crippen molar-refractivity contribution in [2.75, 3.05) is 26.2 Å². The minimum Gasteiger partial charge on any atom is -0.373 e. The van der Waals surface area contributed by atoms with Gasteiger partial charge in [-0.3, -0.25) is 9.69 Å². The Morgan fingerprint density at radius 3 is 2.96 bits per heavy atom. The number of nitrogens with zero attached hydrogens (tertiary/aromatic N) is 4. The summed E-state index contributed by atoms with van der Waals surface area (Å²) in [5.74, 6) is 1.04. The van der Waals surface area contributed by atoms with E-state index in [2.05, 4.69) is 27.3 Å². The Kier molecular flexibility index (Phi) is 4.78. The zero-order chi connectivity index (χ0) is 18.1. The molecule has 3 heterocycles. The lowest BCUT2D eigenvalue weighted by Crippen LogP contribution is -2.50. The van der Waals surface area contributed by atoms with Crippen LogP contribution in [0.5, 0.6) is 0 Å². The van der Waals surface area contributed by atoms with Crippen molar-refractivity contribution in [3.05, 3.63) is 35.7 Å². The largest absolute Gasteiger partial charge is 0.373 e. The average Bonchev–Trinajstić information content (AvgIpc) is 3.23. The first-order chi connectivity index (χ1) is 12.7. The zero-order valence-corrected chi connectivity index (χ0v) is 15.2. The minimum atomic E-state index is -0.221. The monoisotopic (exact) mass is 359 g/mol. The van der Waals surface area contributed by atoms with E-state index in [4.69, 9.17) is 9.26 Å². The molecule has 0 bridgehead atoms. The van der Waals surface area contributed by atoms with E-state index in [-0.39, 0.29) is 18.1 Å². The summed E-state index contributed by atoms with van der Waals surface area (Å²) in [6, 6.07) is 1.81. The second-order valence-electron chi connectivity index (χ2n) is 7.01. The molecule has 0 radical (unpaired) electrons. The molecule has 26 heavy (non-hydrogen) atoms. The van der Waals surface area contributed by atoms with Gasteiger partial charge in [0.05, 0.1) is 30.8 Å². The maximum absolute atomic E-state index is 12.4. The number of aryl methyl sites for hydroxylation is 1. The van der Waals surface area contributed by atoms with E-state index < -0.39 is 0 Å². The second kappa shape index (κ2) is 7.20. The maximum Gasteiger partial charge on any atom is 0.273 e. The van der Waals surface area contributed by atoms with E-state index >= 15 is 0 Å². The predicted molar refractivity (Wildman–Crippen MR) is 93.7 cm³/mol.